The fourth-order valence-corrected chi connectivity index (χ4v) is 7.53. The van der Waals surface area contributed by atoms with Crippen LogP contribution in [0.2, 0.25) is 0 Å². The monoisotopic (exact) mass is 599 g/mol. The van der Waals surface area contributed by atoms with Crippen molar-refractivity contribution >= 4 is 39.0 Å². The van der Waals surface area contributed by atoms with E-state index in [9.17, 15) is 4.79 Å². The van der Waals surface area contributed by atoms with Crippen LogP contribution in [0, 0.1) is 11.8 Å². The van der Waals surface area contributed by atoms with Crippen molar-refractivity contribution in [1.29, 1.82) is 0 Å². The molecule has 2 aromatic carbocycles. The van der Waals surface area contributed by atoms with Crippen molar-refractivity contribution in [3.8, 4) is 28.5 Å². The Morgan fingerprint density at radius 2 is 1.89 bits per heavy atom. The summed E-state index contributed by atoms with van der Waals surface area (Å²) in [7, 11) is 3.66. The number of hydrogen-bond donors (Lipinski definition) is 1. The summed E-state index contributed by atoms with van der Waals surface area (Å²) >= 11 is 0. The Morgan fingerprint density at radius 3 is 2.67 bits per heavy atom. The number of imidazole rings is 1. The van der Waals surface area contributed by atoms with Crippen LogP contribution < -0.4 is 10.5 Å². The van der Waals surface area contributed by atoms with Crippen molar-refractivity contribution in [2.75, 3.05) is 13.7 Å². The average molecular weight is 600 g/mol. The van der Waals surface area contributed by atoms with Crippen molar-refractivity contribution in [2.24, 2.45) is 24.6 Å². The molecular weight excluding hydrogens is 566 g/mol. The summed E-state index contributed by atoms with van der Waals surface area (Å²) in [6.07, 6.45) is 5.95. The van der Waals surface area contributed by atoms with Crippen LogP contribution in [0.1, 0.15) is 36.0 Å². The fraction of sp³-hybridized carbons (Fsp3) is 0.353. The van der Waals surface area contributed by atoms with Crippen molar-refractivity contribution in [3.63, 3.8) is 0 Å². The molecule has 3 aliphatic rings. The highest BCUT2D eigenvalue weighted by atomic mass is 16.5. The van der Waals surface area contributed by atoms with Crippen LogP contribution in [-0.2, 0) is 13.6 Å². The van der Waals surface area contributed by atoms with Gasteiger partial charge in [0.15, 0.2) is 5.82 Å². The summed E-state index contributed by atoms with van der Waals surface area (Å²) in [6, 6.07) is 16.2. The minimum atomic E-state index is 0.000522. The van der Waals surface area contributed by atoms with Crippen LogP contribution in [0.15, 0.2) is 54.9 Å². The number of methoxy groups -OCH3 is 1. The molecule has 11 nitrogen and oxygen atoms in total. The zero-order valence-corrected chi connectivity index (χ0v) is 25.2. The maximum Gasteiger partial charge on any atom is 0.254 e. The van der Waals surface area contributed by atoms with Crippen LogP contribution >= 0.6 is 0 Å². The number of fused-ring (bicyclic) bond motifs is 5. The molecular formula is C34H33N9O2. The van der Waals surface area contributed by atoms with E-state index in [0.717, 1.165) is 81.8 Å². The third-order valence-electron chi connectivity index (χ3n) is 10.1. The third-order valence-corrected chi connectivity index (χ3v) is 10.1. The van der Waals surface area contributed by atoms with E-state index in [-0.39, 0.29) is 18.0 Å². The molecule has 226 valence electrons. The van der Waals surface area contributed by atoms with Crippen LogP contribution in [0.5, 0.6) is 5.75 Å². The van der Waals surface area contributed by atoms with Gasteiger partial charge in [-0.25, -0.2) is 15.0 Å². The summed E-state index contributed by atoms with van der Waals surface area (Å²) in [6.45, 7) is 1.59. The van der Waals surface area contributed by atoms with E-state index in [2.05, 4.69) is 42.5 Å². The zero-order valence-electron chi connectivity index (χ0n) is 25.2. The maximum atomic E-state index is 13.7. The second kappa shape index (κ2) is 9.80. The van der Waals surface area contributed by atoms with Crippen LogP contribution in [0.3, 0.4) is 0 Å². The van der Waals surface area contributed by atoms with Gasteiger partial charge in [0.25, 0.3) is 5.91 Å². The lowest BCUT2D eigenvalue weighted by molar-refractivity contribution is 0.0700. The third kappa shape index (κ3) is 4.13. The molecule has 2 saturated carbocycles. The normalized spacial score (nSPS) is 21.0. The standard InChI is InChI=1S/C34H33N9O2/c1-41-31-26(12-22(14-29(31)45-2)34(44)43-16-21-7-10-27(43)30(21)35)39-33(41)28-13-20-6-8-23(38-32(20)42(28)15-18-3-4-18)19-5-9-24-25(11-19)36-17-37-40-24/h5-6,8-9,11-14,17-18,21,27,30H,3-4,7,10,15-16,35H2,1-2H3/t21?,27?,30-/m1/s1. The van der Waals surface area contributed by atoms with Crippen molar-refractivity contribution < 1.29 is 9.53 Å². The largest absolute Gasteiger partial charge is 0.494 e. The molecule has 1 saturated heterocycles. The van der Waals surface area contributed by atoms with Gasteiger partial charge in [0.1, 0.15) is 28.8 Å². The highest BCUT2D eigenvalue weighted by Crippen LogP contribution is 2.40. The molecule has 45 heavy (non-hydrogen) atoms. The molecule has 6 aromatic rings. The molecule has 1 amide bonds. The number of benzene rings is 2. The number of carbonyl (C=O) groups excluding carboxylic acids is 1. The molecule has 2 unspecified atom stereocenters. The van der Waals surface area contributed by atoms with Gasteiger partial charge in [0, 0.05) is 48.7 Å². The van der Waals surface area contributed by atoms with E-state index in [1.807, 2.05) is 42.3 Å². The Balaban J connectivity index is 1.15. The number of piperidine rings is 1. The predicted octanol–water partition coefficient (Wildman–Crippen LogP) is 4.58. The number of hydrogen-bond acceptors (Lipinski definition) is 8. The second-order valence-corrected chi connectivity index (χ2v) is 12.8. The Hall–Kier alpha value is -4.90. The Morgan fingerprint density at radius 1 is 1.00 bits per heavy atom. The van der Waals surface area contributed by atoms with Crippen molar-refractivity contribution in [1.82, 2.24) is 39.2 Å². The second-order valence-electron chi connectivity index (χ2n) is 12.8. The first-order valence-corrected chi connectivity index (χ1v) is 15.7. The summed E-state index contributed by atoms with van der Waals surface area (Å²) in [4.78, 5) is 30.4. The molecule has 0 radical (unpaired) electrons. The molecule has 0 spiro atoms. The SMILES string of the molecule is COc1cc(C(=O)N2CC3CCC2[C@@H]3N)cc2nc(-c3cc4ccc(-c5ccc6nncnc6c5)nc4n3CC3CC3)n(C)c12. The molecule has 2 bridgehead atoms. The Kier molecular flexibility index (Phi) is 5.77. The molecule has 3 fully saturated rings. The predicted molar refractivity (Wildman–Crippen MR) is 171 cm³/mol. The van der Waals surface area contributed by atoms with Gasteiger partial charge in [-0.3, -0.25) is 4.79 Å². The minimum absolute atomic E-state index is 0.000522. The van der Waals surface area contributed by atoms with Gasteiger partial charge in [-0.15, -0.1) is 10.2 Å². The number of likely N-dealkylation sites (tertiary alicyclic amines) is 1. The van der Waals surface area contributed by atoms with E-state index in [4.69, 9.17) is 20.4 Å². The fourth-order valence-electron chi connectivity index (χ4n) is 7.53. The van der Waals surface area contributed by atoms with Gasteiger partial charge in [0.2, 0.25) is 0 Å². The number of ether oxygens (including phenoxy) is 1. The Bertz CT molecular complexity index is 2160. The van der Waals surface area contributed by atoms with E-state index in [1.54, 1.807) is 7.11 Å². The summed E-state index contributed by atoms with van der Waals surface area (Å²) < 4.78 is 10.2. The lowest BCUT2D eigenvalue weighted by Gasteiger charge is -2.27. The number of nitrogens with zero attached hydrogens (tertiary/aromatic N) is 8. The van der Waals surface area contributed by atoms with Gasteiger partial charge in [-0.05, 0) is 80.0 Å². The molecule has 3 atom stereocenters. The number of aromatic nitrogens is 7. The van der Waals surface area contributed by atoms with E-state index >= 15 is 0 Å². The molecule has 9 rings (SSSR count). The number of carbonyl (C=O) groups is 1. The van der Waals surface area contributed by atoms with E-state index in [0.29, 0.717) is 23.1 Å². The summed E-state index contributed by atoms with van der Waals surface area (Å²) in [5.74, 6) is 2.44. The van der Waals surface area contributed by atoms with Crippen molar-refractivity contribution in [3.05, 3.63) is 60.4 Å². The molecule has 5 heterocycles. The highest BCUT2D eigenvalue weighted by molar-refractivity contribution is 6.00. The number of amides is 1. The van der Waals surface area contributed by atoms with Gasteiger partial charge < -0.3 is 24.5 Å². The Labute approximate surface area is 259 Å². The quantitative estimate of drug-likeness (QED) is 0.295. The number of aryl methyl sites for hydroxylation is 1. The van der Waals surface area contributed by atoms with Crippen LogP contribution in [-0.4, -0.2) is 70.8 Å². The first-order chi connectivity index (χ1) is 22.0. The first kappa shape index (κ1) is 26.5. The number of rotatable bonds is 6. The lowest BCUT2D eigenvalue weighted by Crippen LogP contribution is -2.41. The van der Waals surface area contributed by atoms with Gasteiger partial charge in [0.05, 0.1) is 29.5 Å². The number of nitrogens with two attached hydrogens (primary N) is 1. The number of pyridine rings is 1. The lowest BCUT2D eigenvalue weighted by atomic mass is 10.1. The first-order valence-electron chi connectivity index (χ1n) is 15.7. The van der Waals surface area contributed by atoms with Crippen LogP contribution in [0.25, 0.3) is 55.9 Å². The summed E-state index contributed by atoms with van der Waals surface area (Å²) in [5.41, 5.74) is 13.9. The zero-order chi connectivity index (χ0) is 30.4. The average Bonchev–Trinajstić information content (AvgIpc) is 3.47. The van der Waals surface area contributed by atoms with Crippen molar-refractivity contribution in [2.45, 2.75) is 44.3 Å². The van der Waals surface area contributed by atoms with Gasteiger partial charge in [-0.2, -0.15) is 0 Å². The van der Waals surface area contributed by atoms with Gasteiger partial charge in [-0.1, -0.05) is 6.07 Å². The smallest absolute Gasteiger partial charge is 0.254 e. The minimum Gasteiger partial charge on any atom is -0.494 e. The topological polar surface area (TPSA) is 130 Å². The molecule has 1 aliphatic heterocycles. The van der Waals surface area contributed by atoms with Crippen LogP contribution in [0.4, 0.5) is 0 Å². The van der Waals surface area contributed by atoms with E-state index in [1.165, 1.54) is 19.2 Å². The molecule has 2 N–H and O–H groups in total. The van der Waals surface area contributed by atoms with Gasteiger partial charge >= 0.3 is 0 Å². The molecule has 11 heteroatoms. The highest BCUT2D eigenvalue weighted by Gasteiger charge is 2.47. The molecule has 2 aliphatic carbocycles. The maximum absolute atomic E-state index is 13.7. The van der Waals surface area contributed by atoms with E-state index < -0.39 is 0 Å². The molecule has 4 aromatic heterocycles. The summed E-state index contributed by atoms with van der Waals surface area (Å²) in [5, 5.41) is 9.10.